The third-order valence-electron chi connectivity index (χ3n) is 2.19. The Morgan fingerprint density at radius 3 is 2.30 bits per heavy atom. The molecule has 1 fully saturated rings. The minimum absolute atomic E-state index is 0.216. The number of carbonyl (C=O) groups is 1. The Kier molecular flexibility index (Phi) is 2.44. The summed E-state index contributed by atoms with van der Waals surface area (Å²) in [5, 5.41) is 0. The number of hydrogen-bond donors (Lipinski definition) is 0. The minimum atomic E-state index is 0.216. The van der Waals surface area contributed by atoms with Crippen LogP contribution in [-0.4, -0.2) is 29.8 Å². The quantitative estimate of drug-likeness (QED) is 0.585. The summed E-state index contributed by atoms with van der Waals surface area (Å²) in [7, 11) is 0. The maximum Gasteiger partial charge on any atom is 0.146 e. The lowest BCUT2D eigenvalue weighted by atomic mass is 10.0. The lowest BCUT2D eigenvalue weighted by Crippen LogP contribution is -2.48. The first-order chi connectivity index (χ1) is 4.75. The first-order valence-electron chi connectivity index (χ1n) is 4.00. The fourth-order valence-electron chi connectivity index (χ4n) is 1.46. The lowest BCUT2D eigenvalue weighted by Gasteiger charge is -2.36. The third-order valence-corrected chi connectivity index (χ3v) is 2.19. The number of ketones is 1. The van der Waals surface area contributed by atoms with Gasteiger partial charge in [0.15, 0.2) is 0 Å². The molecule has 0 spiro atoms. The van der Waals surface area contributed by atoms with Gasteiger partial charge in [0.1, 0.15) is 5.78 Å². The molecular weight excluding hydrogens is 126 g/mol. The molecule has 0 aromatic carbocycles. The molecule has 0 aromatic heterocycles. The fourth-order valence-corrected chi connectivity index (χ4v) is 1.46. The molecule has 1 aliphatic rings. The summed E-state index contributed by atoms with van der Waals surface area (Å²) in [6.45, 7) is 6.01. The van der Waals surface area contributed by atoms with Crippen molar-refractivity contribution in [2.45, 2.75) is 32.7 Å². The van der Waals surface area contributed by atoms with Crippen molar-refractivity contribution in [2.75, 3.05) is 13.1 Å². The van der Waals surface area contributed by atoms with E-state index in [-0.39, 0.29) is 6.04 Å². The molecule has 0 amide bonds. The van der Waals surface area contributed by atoms with Gasteiger partial charge in [0.05, 0.1) is 6.04 Å². The summed E-state index contributed by atoms with van der Waals surface area (Å²) in [6, 6.07) is 0.216. The zero-order valence-corrected chi connectivity index (χ0v) is 6.76. The van der Waals surface area contributed by atoms with Crippen molar-refractivity contribution >= 4 is 5.78 Å². The summed E-state index contributed by atoms with van der Waals surface area (Å²) in [6.07, 6.45) is 2.24. The van der Waals surface area contributed by atoms with Crippen LogP contribution in [-0.2, 0) is 4.79 Å². The summed E-state index contributed by atoms with van der Waals surface area (Å²) in [5.41, 5.74) is 0. The second kappa shape index (κ2) is 3.15. The molecule has 1 rings (SSSR count). The second-order valence-corrected chi connectivity index (χ2v) is 2.92. The Morgan fingerprint density at radius 1 is 1.60 bits per heavy atom. The summed E-state index contributed by atoms with van der Waals surface area (Å²) >= 11 is 0. The van der Waals surface area contributed by atoms with Gasteiger partial charge in [-0.25, -0.2) is 0 Å². The number of hydrogen-bond acceptors (Lipinski definition) is 2. The van der Waals surface area contributed by atoms with Crippen LogP contribution in [0.4, 0.5) is 0 Å². The van der Waals surface area contributed by atoms with E-state index in [0.717, 1.165) is 19.5 Å². The topological polar surface area (TPSA) is 20.3 Å². The van der Waals surface area contributed by atoms with Gasteiger partial charge in [-0.05, 0) is 19.8 Å². The highest BCUT2D eigenvalue weighted by Crippen LogP contribution is 2.13. The lowest BCUT2D eigenvalue weighted by molar-refractivity contribution is -0.123. The van der Waals surface area contributed by atoms with Crippen LogP contribution in [0.25, 0.3) is 0 Å². The number of rotatable bonds is 3. The van der Waals surface area contributed by atoms with Gasteiger partial charge in [-0.1, -0.05) is 6.92 Å². The van der Waals surface area contributed by atoms with Crippen LogP contribution >= 0.6 is 0 Å². The summed E-state index contributed by atoms with van der Waals surface area (Å²) in [4.78, 5) is 13.2. The van der Waals surface area contributed by atoms with Gasteiger partial charge in [-0.2, -0.15) is 0 Å². The molecule has 1 heterocycles. The van der Waals surface area contributed by atoms with Crippen molar-refractivity contribution in [2.24, 2.45) is 0 Å². The van der Waals surface area contributed by atoms with Crippen LogP contribution in [0, 0.1) is 0 Å². The third kappa shape index (κ3) is 1.37. The van der Waals surface area contributed by atoms with E-state index < -0.39 is 0 Å². The largest absolute Gasteiger partial charge is 0.298 e. The SMILES string of the molecule is CCC(C(C)=O)N1CCC1. The van der Waals surface area contributed by atoms with E-state index in [1.165, 1.54) is 6.42 Å². The molecule has 1 atom stereocenters. The molecular formula is C8H15NO. The Labute approximate surface area is 62.2 Å². The van der Waals surface area contributed by atoms with Crippen LogP contribution in [0.3, 0.4) is 0 Å². The van der Waals surface area contributed by atoms with Crippen molar-refractivity contribution in [3.63, 3.8) is 0 Å². The fraction of sp³-hybridized carbons (Fsp3) is 0.875. The van der Waals surface area contributed by atoms with E-state index in [0.29, 0.717) is 5.78 Å². The highest BCUT2D eigenvalue weighted by Gasteiger charge is 2.25. The molecule has 0 N–H and O–H groups in total. The number of carbonyl (C=O) groups excluding carboxylic acids is 1. The van der Waals surface area contributed by atoms with Crippen molar-refractivity contribution in [1.82, 2.24) is 4.90 Å². The smallest absolute Gasteiger partial charge is 0.146 e. The van der Waals surface area contributed by atoms with E-state index in [4.69, 9.17) is 0 Å². The molecule has 1 saturated heterocycles. The van der Waals surface area contributed by atoms with E-state index in [1.54, 1.807) is 6.92 Å². The zero-order valence-electron chi connectivity index (χ0n) is 6.76. The maximum absolute atomic E-state index is 11.0. The number of nitrogens with zero attached hydrogens (tertiary/aromatic N) is 1. The Balaban J connectivity index is 2.39. The monoisotopic (exact) mass is 141 g/mol. The van der Waals surface area contributed by atoms with Crippen LogP contribution in [0.15, 0.2) is 0 Å². The average Bonchev–Trinajstić information content (AvgIpc) is 1.76. The molecule has 2 nitrogen and oxygen atoms in total. The summed E-state index contributed by atoms with van der Waals surface area (Å²) < 4.78 is 0. The van der Waals surface area contributed by atoms with Gasteiger partial charge >= 0.3 is 0 Å². The van der Waals surface area contributed by atoms with Crippen molar-refractivity contribution in [1.29, 1.82) is 0 Å². The highest BCUT2D eigenvalue weighted by atomic mass is 16.1. The predicted octanol–water partition coefficient (Wildman–Crippen LogP) is 1.06. The Morgan fingerprint density at radius 2 is 2.20 bits per heavy atom. The first kappa shape index (κ1) is 7.73. The Hall–Kier alpha value is -0.370. The van der Waals surface area contributed by atoms with Gasteiger partial charge in [-0.3, -0.25) is 9.69 Å². The number of likely N-dealkylation sites (tertiary alicyclic amines) is 1. The standard InChI is InChI=1S/C8H15NO/c1-3-8(7(2)10)9-5-4-6-9/h8H,3-6H2,1-2H3. The molecule has 10 heavy (non-hydrogen) atoms. The summed E-state index contributed by atoms with van der Waals surface area (Å²) in [5.74, 6) is 0.321. The van der Waals surface area contributed by atoms with Crippen LogP contribution < -0.4 is 0 Å². The van der Waals surface area contributed by atoms with Gasteiger partial charge in [-0.15, -0.1) is 0 Å². The molecule has 1 unspecified atom stereocenters. The van der Waals surface area contributed by atoms with E-state index in [2.05, 4.69) is 11.8 Å². The van der Waals surface area contributed by atoms with Crippen LogP contribution in [0.2, 0.25) is 0 Å². The van der Waals surface area contributed by atoms with Gasteiger partial charge in [0.25, 0.3) is 0 Å². The molecule has 1 aliphatic heterocycles. The number of Topliss-reactive ketones (excluding diaryl/α,β-unsaturated/α-hetero) is 1. The van der Waals surface area contributed by atoms with Crippen molar-refractivity contribution < 1.29 is 4.79 Å². The van der Waals surface area contributed by atoms with Crippen LogP contribution in [0.1, 0.15) is 26.7 Å². The molecule has 0 bridgehead atoms. The van der Waals surface area contributed by atoms with E-state index in [1.807, 2.05) is 0 Å². The normalized spacial score (nSPS) is 21.8. The van der Waals surface area contributed by atoms with E-state index >= 15 is 0 Å². The molecule has 0 radical (unpaired) electrons. The molecule has 0 aromatic rings. The predicted molar refractivity (Wildman–Crippen MR) is 41.0 cm³/mol. The second-order valence-electron chi connectivity index (χ2n) is 2.92. The van der Waals surface area contributed by atoms with Crippen LogP contribution in [0.5, 0.6) is 0 Å². The van der Waals surface area contributed by atoms with Gasteiger partial charge in [0, 0.05) is 13.1 Å². The maximum atomic E-state index is 11.0. The average molecular weight is 141 g/mol. The van der Waals surface area contributed by atoms with Crippen molar-refractivity contribution in [3.8, 4) is 0 Å². The highest BCUT2D eigenvalue weighted by molar-refractivity contribution is 5.81. The molecule has 0 saturated carbocycles. The molecule has 2 heteroatoms. The minimum Gasteiger partial charge on any atom is -0.298 e. The van der Waals surface area contributed by atoms with Gasteiger partial charge < -0.3 is 0 Å². The zero-order chi connectivity index (χ0) is 7.56. The van der Waals surface area contributed by atoms with E-state index in [9.17, 15) is 4.79 Å². The van der Waals surface area contributed by atoms with Crippen molar-refractivity contribution in [3.05, 3.63) is 0 Å². The Bertz CT molecular complexity index is 129. The van der Waals surface area contributed by atoms with Gasteiger partial charge in [0.2, 0.25) is 0 Å². The first-order valence-corrected chi connectivity index (χ1v) is 4.00. The molecule has 58 valence electrons. The molecule has 0 aliphatic carbocycles.